The second-order valence-corrected chi connectivity index (χ2v) is 10.5. The van der Waals surface area contributed by atoms with Crippen LogP contribution in [0.5, 0.6) is 5.75 Å². The van der Waals surface area contributed by atoms with Crippen LogP contribution in [0.1, 0.15) is 26.7 Å². The summed E-state index contributed by atoms with van der Waals surface area (Å²) in [4.78, 5) is 20.5. The van der Waals surface area contributed by atoms with Gasteiger partial charge in [-0.15, -0.1) is 0 Å². The molecule has 2 saturated heterocycles. The van der Waals surface area contributed by atoms with Gasteiger partial charge in [-0.05, 0) is 82.1 Å². The van der Waals surface area contributed by atoms with E-state index in [0.29, 0.717) is 25.1 Å². The predicted octanol–water partition coefficient (Wildman–Crippen LogP) is 3.36. The Balaban J connectivity index is 1.10. The van der Waals surface area contributed by atoms with Crippen LogP contribution >= 0.6 is 0 Å². The lowest BCUT2D eigenvalue weighted by molar-refractivity contribution is 0.145. The molecule has 8 nitrogen and oxygen atoms in total. The number of anilines is 1. The third kappa shape index (κ3) is 6.43. The fraction of sp³-hybridized carbons (Fsp3) is 0.517. The van der Waals surface area contributed by atoms with Gasteiger partial charge in [0.1, 0.15) is 18.7 Å². The van der Waals surface area contributed by atoms with E-state index in [1.165, 1.54) is 5.69 Å². The zero-order chi connectivity index (χ0) is 25.6. The van der Waals surface area contributed by atoms with Gasteiger partial charge in [-0.1, -0.05) is 18.2 Å². The molecule has 2 aromatic carbocycles. The van der Waals surface area contributed by atoms with Gasteiger partial charge in [0.2, 0.25) is 0 Å². The Hall–Kier alpha value is -3.10. The summed E-state index contributed by atoms with van der Waals surface area (Å²) in [5.74, 6) is 1.39. The van der Waals surface area contributed by atoms with Crippen molar-refractivity contribution in [2.24, 2.45) is 5.92 Å². The van der Waals surface area contributed by atoms with Crippen LogP contribution in [0.25, 0.3) is 5.69 Å². The van der Waals surface area contributed by atoms with Gasteiger partial charge in [-0.2, -0.15) is 5.10 Å². The Kier molecular flexibility index (Phi) is 8.26. The van der Waals surface area contributed by atoms with Gasteiger partial charge < -0.3 is 9.64 Å². The largest absolute Gasteiger partial charge is 0.492 e. The van der Waals surface area contributed by atoms with E-state index in [2.05, 4.69) is 45.8 Å². The van der Waals surface area contributed by atoms with Crippen LogP contribution in [0.3, 0.4) is 0 Å². The zero-order valence-electron chi connectivity index (χ0n) is 22.2. The summed E-state index contributed by atoms with van der Waals surface area (Å²) in [7, 11) is 0. The molecular formula is C29H40N6O2. The second-order valence-electron chi connectivity index (χ2n) is 10.5. The van der Waals surface area contributed by atoms with Gasteiger partial charge in [-0.3, -0.25) is 9.80 Å². The molecule has 0 N–H and O–H groups in total. The second kappa shape index (κ2) is 12.0. The van der Waals surface area contributed by atoms with E-state index in [-0.39, 0.29) is 5.69 Å². The molecule has 0 radical (unpaired) electrons. The van der Waals surface area contributed by atoms with Crippen LogP contribution in [-0.2, 0) is 6.54 Å². The van der Waals surface area contributed by atoms with Crippen LogP contribution in [-0.4, -0.2) is 82.6 Å². The monoisotopic (exact) mass is 504 g/mol. The minimum atomic E-state index is -0.0583. The zero-order valence-corrected chi connectivity index (χ0v) is 22.2. The summed E-state index contributed by atoms with van der Waals surface area (Å²) in [6.07, 6.45) is 3.81. The van der Waals surface area contributed by atoms with Crippen molar-refractivity contribution in [3.8, 4) is 11.4 Å². The standard InChI is InChI=1S/C29H40N6O2/c1-24(2)32-16-18-33(19-17-32)26-8-10-27(11-9-26)34-23-30-35(29(34)36)22-25-12-14-31(15-13-25)20-21-37-28-6-4-3-5-7-28/h3-11,23-25H,12-22H2,1-2H3. The SMILES string of the molecule is CC(C)N1CCN(c2ccc(-n3cnn(CC4CCN(CCOc5ccccc5)CC4)c3=O)cc2)CC1. The van der Waals surface area contributed by atoms with Gasteiger partial charge in [0, 0.05) is 51.0 Å². The smallest absolute Gasteiger partial charge is 0.350 e. The van der Waals surface area contributed by atoms with E-state index < -0.39 is 0 Å². The number of benzene rings is 2. The number of hydrogen-bond donors (Lipinski definition) is 0. The van der Waals surface area contributed by atoms with Crippen molar-refractivity contribution in [3.05, 3.63) is 71.4 Å². The predicted molar refractivity (Wildman–Crippen MR) is 148 cm³/mol. The maximum atomic E-state index is 13.1. The van der Waals surface area contributed by atoms with Gasteiger partial charge in [0.15, 0.2) is 0 Å². The van der Waals surface area contributed by atoms with Crippen LogP contribution in [0.15, 0.2) is 65.7 Å². The number of piperidine rings is 1. The van der Waals surface area contributed by atoms with E-state index >= 15 is 0 Å². The lowest BCUT2D eigenvalue weighted by Crippen LogP contribution is -2.48. The van der Waals surface area contributed by atoms with Gasteiger partial charge in [0.25, 0.3) is 0 Å². The van der Waals surface area contributed by atoms with Crippen molar-refractivity contribution in [1.29, 1.82) is 0 Å². The topological polar surface area (TPSA) is 58.8 Å². The van der Waals surface area contributed by atoms with E-state index in [1.54, 1.807) is 15.6 Å². The normalized spacial score (nSPS) is 18.0. The highest BCUT2D eigenvalue weighted by Gasteiger charge is 2.22. The highest BCUT2D eigenvalue weighted by molar-refractivity contribution is 5.51. The number of ether oxygens (including phenoxy) is 1. The Bertz CT molecular complexity index is 1160. The molecule has 3 heterocycles. The van der Waals surface area contributed by atoms with Crippen LogP contribution < -0.4 is 15.3 Å². The molecule has 0 aliphatic carbocycles. The first-order valence-corrected chi connectivity index (χ1v) is 13.7. The Labute approximate surface area is 220 Å². The summed E-state index contributed by atoms with van der Waals surface area (Å²) in [6, 6.07) is 18.9. The molecule has 37 heavy (non-hydrogen) atoms. The highest BCUT2D eigenvalue weighted by Crippen LogP contribution is 2.21. The van der Waals surface area contributed by atoms with E-state index in [9.17, 15) is 4.79 Å². The van der Waals surface area contributed by atoms with Gasteiger partial charge >= 0.3 is 5.69 Å². The van der Waals surface area contributed by atoms with Crippen LogP contribution in [0, 0.1) is 5.92 Å². The maximum absolute atomic E-state index is 13.1. The number of para-hydroxylation sites is 1. The fourth-order valence-corrected chi connectivity index (χ4v) is 5.41. The first-order valence-electron chi connectivity index (χ1n) is 13.7. The minimum Gasteiger partial charge on any atom is -0.492 e. The summed E-state index contributed by atoms with van der Waals surface area (Å²) in [6.45, 7) is 13.1. The molecule has 0 bridgehead atoms. The molecule has 2 aliphatic rings. The molecule has 0 spiro atoms. The van der Waals surface area contributed by atoms with E-state index in [0.717, 1.165) is 70.1 Å². The molecule has 0 saturated carbocycles. The molecule has 3 aromatic rings. The highest BCUT2D eigenvalue weighted by atomic mass is 16.5. The van der Waals surface area contributed by atoms with Crippen molar-refractivity contribution in [2.45, 2.75) is 39.3 Å². The van der Waals surface area contributed by atoms with Gasteiger partial charge in [-0.25, -0.2) is 14.0 Å². The lowest BCUT2D eigenvalue weighted by Gasteiger charge is -2.38. The molecule has 2 aliphatic heterocycles. The number of hydrogen-bond acceptors (Lipinski definition) is 6. The number of likely N-dealkylation sites (tertiary alicyclic amines) is 1. The number of rotatable bonds is 9. The lowest BCUT2D eigenvalue weighted by atomic mass is 9.97. The van der Waals surface area contributed by atoms with Crippen LogP contribution in [0.2, 0.25) is 0 Å². The molecule has 0 unspecified atom stereocenters. The first kappa shape index (κ1) is 25.5. The number of piperazine rings is 1. The third-order valence-corrected chi connectivity index (χ3v) is 7.83. The molecule has 0 amide bonds. The van der Waals surface area contributed by atoms with Crippen molar-refractivity contribution >= 4 is 5.69 Å². The summed E-state index contributed by atoms with van der Waals surface area (Å²) >= 11 is 0. The van der Waals surface area contributed by atoms with Crippen molar-refractivity contribution < 1.29 is 4.74 Å². The summed E-state index contributed by atoms with van der Waals surface area (Å²) in [5, 5.41) is 4.44. The molecule has 1 aromatic heterocycles. The Morgan fingerprint density at radius 1 is 0.892 bits per heavy atom. The molecule has 5 rings (SSSR count). The molecule has 198 valence electrons. The molecule has 2 fully saturated rings. The quantitative estimate of drug-likeness (QED) is 0.446. The van der Waals surface area contributed by atoms with Crippen molar-refractivity contribution in [3.63, 3.8) is 0 Å². The third-order valence-electron chi connectivity index (χ3n) is 7.83. The average molecular weight is 505 g/mol. The summed E-state index contributed by atoms with van der Waals surface area (Å²) < 4.78 is 9.14. The van der Waals surface area contributed by atoms with Gasteiger partial charge in [0.05, 0.1) is 5.69 Å². The minimum absolute atomic E-state index is 0.0583. The molecular weight excluding hydrogens is 464 g/mol. The summed E-state index contributed by atoms with van der Waals surface area (Å²) in [5.41, 5.74) is 2.03. The van der Waals surface area contributed by atoms with E-state index in [4.69, 9.17) is 4.74 Å². The molecule has 0 atom stereocenters. The molecule has 8 heteroatoms. The first-order chi connectivity index (χ1) is 18.1. The van der Waals surface area contributed by atoms with Crippen LogP contribution in [0.4, 0.5) is 5.69 Å². The Morgan fingerprint density at radius 3 is 2.24 bits per heavy atom. The fourth-order valence-electron chi connectivity index (χ4n) is 5.41. The average Bonchev–Trinajstić information content (AvgIpc) is 3.30. The Morgan fingerprint density at radius 2 is 1.57 bits per heavy atom. The maximum Gasteiger partial charge on any atom is 0.350 e. The van der Waals surface area contributed by atoms with Crippen molar-refractivity contribution in [2.75, 3.05) is 57.3 Å². The van der Waals surface area contributed by atoms with E-state index in [1.807, 2.05) is 42.5 Å². The van der Waals surface area contributed by atoms with Crippen molar-refractivity contribution in [1.82, 2.24) is 24.1 Å². The number of nitrogens with zero attached hydrogens (tertiary/aromatic N) is 6. The number of aromatic nitrogens is 3.